The Morgan fingerprint density at radius 3 is 2.57 bits per heavy atom. The molecule has 3 rings (SSSR count). The molecule has 0 saturated carbocycles. The maximum absolute atomic E-state index is 12.7. The van der Waals surface area contributed by atoms with Gasteiger partial charge in [0.1, 0.15) is 0 Å². The van der Waals surface area contributed by atoms with Gasteiger partial charge in [-0.25, -0.2) is 0 Å². The quantitative estimate of drug-likeness (QED) is 0.658. The van der Waals surface area contributed by atoms with Crippen LogP contribution < -0.4 is 5.32 Å². The Labute approximate surface area is 166 Å². The topological polar surface area (TPSA) is 62.2 Å². The molecule has 0 aliphatic rings. The van der Waals surface area contributed by atoms with Gasteiger partial charge in [0.05, 0.1) is 18.3 Å². The Morgan fingerprint density at radius 2 is 1.86 bits per heavy atom. The van der Waals surface area contributed by atoms with Crippen molar-refractivity contribution < 1.29 is 9.90 Å². The fourth-order valence-corrected chi connectivity index (χ4v) is 3.24. The van der Waals surface area contributed by atoms with Gasteiger partial charge in [0.25, 0.3) is 5.91 Å². The third-order valence-electron chi connectivity index (χ3n) is 4.84. The SMILES string of the molecule is CCc1nc(-c2cccc(C(=O)N[C@@H](CO)Cc3ccccc3)c2)ccc1C. The van der Waals surface area contributed by atoms with Crippen molar-refractivity contribution in [3.63, 3.8) is 0 Å². The van der Waals surface area contributed by atoms with Crippen LogP contribution in [-0.2, 0) is 12.8 Å². The molecule has 0 bridgehead atoms. The molecule has 4 heteroatoms. The molecule has 144 valence electrons. The van der Waals surface area contributed by atoms with E-state index in [1.165, 1.54) is 5.56 Å². The number of aromatic nitrogens is 1. The Morgan fingerprint density at radius 1 is 1.07 bits per heavy atom. The number of hydrogen-bond acceptors (Lipinski definition) is 3. The van der Waals surface area contributed by atoms with Gasteiger partial charge in [0.2, 0.25) is 0 Å². The lowest BCUT2D eigenvalue weighted by molar-refractivity contribution is 0.0916. The molecule has 1 aromatic heterocycles. The van der Waals surface area contributed by atoms with Gasteiger partial charge in [-0.3, -0.25) is 9.78 Å². The summed E-state index contributed by atoms with van der Waals surface area (Å²) in [6, 6.07) is 21.0. The van der Waals surface area contributed by atoms with Gasteiger partial charge < -0.3 is 10.4 Å². The predicted molar refractivity (Wildman–Crippen MR) is 112 cm³/mol. The van der Waals surface area contributed by atoms with Crippen LogP contribution in [0.4, 0.5) is 0 Å². The number of hydrogen-bond donors (Lipinski definition) is 2. The molecule has 1 heterocycles. The average molecular weight is 374 g/mol. The largest absolute Gasteiger partial charge is 0.394 e. The number of nitrogens with zero attached hydrogens (tertiary/aromatic N) is 1. The van der Waals surface area contributed by atoms with E-state index in [1.54, 1.807) is 6.07 Å². The van der Waals surface area contributed by atoms with Gasteiger partial charge in [-0.2, -0.15) is 0 Å². The van der Waals surface area contributed by atoms with Crippen LogP contribution in [-0.4, -0.2) is 28.6 Å². The van der Waals surface area contributed by atoms with Crippen molar-refractivity contribution in [1.82, 2.24) is 10.3 Å². The van der Waals surface area contributed by atoms with Crippen LogP contribution in [0.25, 0.3) is 11.3 Å². The summed E-state index contributed by atoms with van der Waals surface area (Å²) in [7, 11) is 0. The molecule has 0 saturated heterocycles. The van der Waals surface area contributed by atoms with Crippen molar-refractivity contribution in [2.45, 2.75) is 32.7 Å². The lowest BCUT2D eigenvalue weighted by atomic mass is 10.0. The van der Waals surface area contributed by atoms with E-state index >= 15 is 0 Å². The van der Waals surface area contributed by atoms with E-state index in [0.29, 0.717) is 12.0 Å². The Hall–Kier alpha value is -2.98. The zero-order chi connectivity index (χ0) is 19.9. The fourth-order valence-electron chi connectivity index (χ4n) is 3.24. The molecule has 0 spiro atoms. The van der Waals surface area contributed by atoms with E-state index in [-0.39, 0.29) is 18.6 Å². The number of rotatable bonds is 7. The summed E-state index contributed by atoms with van der Waals surface area (Å²) < 4.78 is 0. The van der Waals surface area contributed by atoms with Gasteiger partial charge in [-0.15, -0.1) is 0 Å². The first-order valence-corrected chi connectivity index (χ1v) is 9.63. The summed E-state index contributed by atoms with van der Waals surface area (Å²) in [6.45, 7) is 4.03. The molecule has 28 heavy (non-hydrogen) atoms. The average Bonchev–Trinajstić information content (AvgIpc) is 2.74. The number of carbonyl (C=O) groups excluding carboxylic acids is 1. The Bertz CT molecular complexity index is 938. The maximum atomic E-state index is 12.7. The third-order valence-corrected chi connectivity index (χ3v) is 4.84. The maximum Gasteiger partial charge on any atom is 0.251 e. The standard InChI is InChI=1S/C24H26N2O2/c1-3-22-17(2)12-13-23(26-22)19-10-7-11-20(15-19)24(28)25-21(16-27)14-18-8-5-4-6-9-18/h4-13,15,21,27H,3,14,16H2,1-2H3,(H,25,28)/t21-/m1/s1. The molecular formula is C24H26N2O2. The lowest BCUT2D eigenvalue weighted by Gasteiger charge is -2.17. The number of benzene rings is 2. The molecule has 2 N–H and O–H groups in total. The van der Waals surface area contributed by atoms with Crippen LogP contribution in [0, 0.1) is 6.92 Å². The molecule has 0 unspecified atom stereocenters. The highest BCUT2D eigenvalue weighted by Crippen LogP contribution is 2.21. The number of carbonyl (C=O) groups is 1. The first-order chi connectivity index (χ1) is 13.6. The first-order valence-electron chi connectivity index (χ1n) is 9.63. The van der Waals surface area contributed by atoms with Crippen molar-refractivity contribution >= 4 is 5.91 Å². The number of pyridine rings is 1. The minimum Gasteiger partial charge on any atom is -0.394 e. The predicted octanol–water partition coefficient (Wildman–Crippen LogP) is 3.95. The van der Waals surface area contributed by atoms with Gasteiger partial charge in [-0.05, 0) is 49.1 Å². The highest BCUT2D eigenvalue weighted by atomic mass is 16.3. The molecule has 3 aromatic rings. The second-order valence-corrected chi connectivity index (χ2v) is 6.94. The summed E-state index contributed by atoms with van der Waals surface area (Å²) in [5.41, 5.74) is 5.64. The molecule has 1 atom stereocenters. The minimum absolute atomic E-state index is 0.111. The Balaban J connectivity index is 1.76. The van der Waals surface area contributed by atoms with Crippen LogP contribution in [0.1, 0.15) is 34.1 Å². The number of aliphatic hydroxyl groups excluding tert-OH is 1. The van der Waals surface area contributed by atoms with E-state index in [1.807, 2.05) is 54.6 Å². The van der Waals surface area contributed by atoms with E-state index in [4.69, 9.17) is 4.98 Å². The normalized spacial score (nSPS) is 11.8. The van der Waals surface area contributed by atoms with Gasteiger partial charge in [0.15, 0.2) is 0 Å². The van der Waals surface area contributed by atoms with Crippen molar-refractivity contribution in [3.05, 3.63) is 89.1 Å². The molecule has 2 aromatic carbocycles. The summed E-state index contributed by atoms with van der Waals surface area (Å²) in [6.07, 6.45) is 1.46. The monoisotopic (exact) mass is 374 g/mol. The smallest absolute Gasteiger partial charge is 0.251 e. The van der Waals surface area contributed by atoms with Crippen molar-refractivity contribution in [3.8, 4) is 11.3 Å². The van der Waals surface area contributed by atoms with Gasteiger partial charge >= 0.3 is 0 Å². The summed E-state index contributed by atoms with van der Waals surface area (Å²) in [5.74, 6) is -0.195. The molecule has 0 aliphatic heterocycles. The van der Waals surface area contributed by atoms with Crippen LogP contribution in [0.15, 0.2) is 66.7 Å². The van der Waals surface area contributed by atoms with Crippen molar-refractivity contribution in [2.75, 3.05) is 6.61 Å². The van der Waals surface area contributed by atoms with E-state index in [0.717, 1.165) is 28.9 Å². The highest BCUT2D eigenvalue weighted by Gasteiger charge is 2.14. The molecule has 1 amide bonds. The molecular weight excluding hydrogens is 348 g/mol. The summed E-state index contributed by atoms with van der Waals surface area (Å²) in [4.78, 5) is 17.4. The number of aliphatic hydroxyl groups is 1. The first kappa shape index (κ1) is 19.8. The number of nitrogens with one attached hydrogen (secondary N) is 1. The Kier molecular flexibility index (Phi) is 6.56. The number of aryl methyl sites for hydroxylation is 2. The molecule has 0 radical (unpaired) electrons. The van der Waals surface area contributed by atoms with Crippen LogP contribution in [0.5, 0.6) is 0 Å². The zero-order valence-electron chi connectivity index (χ0n) is 16.4. The summed E-state index contributed by atoms with van der Waals surface area (Å²) in [5, 5.41) is 12.6. The van der Waals surface area contributed by atoms with Gasteiger partial charge in [0, 0.05) is 16.8 Å². The lowest BCUT2D eigenvalue weighted by Crippen LogP contribution is -2.39. The van der Waals surface area contributed by atoms with Crippen LogP contribution >= 0.6 is 0 Å². The van der Waals surface area contributed by atoms with E-state index < -0.39 is 0 Å². The minimum atomic E-state index is -0.331. The zero-order valence-corrected chi connectivity index (χ0v) is 16.4. The second kappa shape index (κ2) is 9.29. The van der Waals surface area contributed by atoms with E-state index in [2.05, 4.69) is 25.2 Å². The molecule has 0 aliphatic carbocycles. The van der Waals surface area contributed by atoms with Gasteiger partial charge in [-0.1, -0.05) is 55.5 Å². The summed E-state index contributed by atoms with van der Waals surface area (Å²) >= 11 is 0. The molecule has 4 nitrogen and oxygen atoms in total. The second-order valence-electron chi connectivity index (χ2n) is 6.94. The highest BCUT2D eigenvalue weighted by molar-refractivity contribution is 5.95. The number of amides is 1. The van der Waals surface area contributed by atoms with Crippen molar-refractivity contribution in [1.29, 1.82) is 0 Å². The fraction of sp³-hybridized carbons (Fsp3) is 0.250. The third kappa shape index (κ3) is 4.84. The van der Waals surface area contributed by atoms with E-state index in [9.17, 15) is 9.90 Å². The van der Waals surface area contributed by atoms with Crippen LogP contribution in [0.2, 0.25) is 0 Å². The van der Waals surface area contributed by atoms with Crippen LogP contribution in [0.3, 0.4) is 0 Å². The van der Waals surface area contributed by atoms with Crippen molar-refractivity contribution in [2.24, 2.45) is 0 Å². The molecule has 0 fully saturated rings.